The summed E-state index contributed by atoms with van der Waals surface area (Å²) in [7, 11) is 0. The van der Waals surface area contributed by atoms with Crippen molar-refractivity contribution in [3.8, 4) is 0 Å². The summed E-state index contributed by atoms with van der Waals surface area (Å²) >= 11 is 0. The molecule has 1 atom stereocenters. The molecule has 0 heterocycles. The number of aliphatic carboxylic acids is 1. The van der Waals surface area contributed by atoms with Crippen LogP contribution in [-0.4, -0.2) is 17.3 Å². The molecule has 0 unspecified atom stereocenters. The molecule has 0 aliphatic rings. The summed E-state index contributed by atoms with van der Waals surface area (Å²) in [5.74, 6) is -4.76. The first-order chi connectivity index (χ1) is 7.80. The molecular weight excluding hydrogens is 240 g/mol. The van der Waals surface area contributed by atoms with Crippen LogP contribution in [0.5, 0.6) is 0 Å². The van der Waals surface area contributed by atoms with E-state index in [0.29, 0.717) is 5.56 Å². The summed E-state index contributed by atoms with van der Waals surface area (Å²) in [6.07, 6.45) is -5.37. The zero-order valence-corrected chi connectivity index (χ0v) is 8.67. The van der Waals surface area contributed by atoms with Crippen LogP contribution in [0.4, 0.5) is 17.6 Å². The fourth-order valence-electron chi connectivity index (χ4n) is 1.39. The maximum Gasteiger partial charge on any atom is 0.402 e. The van der Waals surface area contributed by atoms with Crippen LogP contribution in [0.3, 0.4) is 0 Å². The first-order valence-corrected chi connectivity index (χ1v) is 4.84. The number of alkyl halides is 3. The first-order valence-electron chi connectivity index (χ1n) is 4.84. The average Bonchev–Trinajstić information content (AvgIpc) is 2.18. The molecular formula is C11H10F4O2. The quantitative estimate of drug-likeness (QED) is 0.834. The van der Waals surface area contributed by atoms with Gasteiger partial charge in [-0.05, 0) is 30.5 Å². The number of carboxylic acids is 1. The van der Waals surface area contributed by atoms with Crippen LogP contribution in [0.2, 0.25) is 0 Å². The minimum atomic E-state index is -4.76. The molecule has 0 amide bonds. The Morgan fingerprint density at radius 2 is 1.76 bits per heavy atom. The molecule has 1 aromatic rings. The van der Waals surface area contributed by atoms with E-state index >= 15 is 0 Å². The maximum absolute atomic E-state index is 12.5. The molecule has 94 valence electrons. The van der Waals surface area contributed by atoms with E-state index in [4.69, 9.17) is 5.11 Å². The minimum absolute atomic E-state index is 0.0588. The van der Waals surface area contributed by atoms with Gasteiger partial charge in [0.15, 0.2) is 5.92 Å². The SMILES string of the molecule is O=C(O)[C@@H](CCc1ccc(F)cc1)C(F)(F)F. The molecule has 0 bridgehead atoms. The monoisotopic (exact) mass is 250 g/mol. The molecule has 0 spiro atoms. The van der Waals surface area contributed by atoms with Crippen LogP contribution < -0.4 is 0 Å². The van der Waals surface area contributed by atoms with Gasteiger partial charge in [-0.25, -0.2) is 4.39 Å². The van der Waals surface area contributed by atoms with Gasteiger partial charge >= 0.3 is 12.1 Å². The number of hydrogen-bond donors (Lipinski definition) is 1. The van der Waals surface area contributed by atoms with Crippen LogP contribution in [0.15, 0.2) is 24.3 Å². The Morgan fingerprint density at radius 3 is 2.18 bits per heavy atom. The summed E-state index contributed by atoms with van der Waals surface area (Å²) in [6.45, 7) is 0. The Balaban J connectivity index is 2.65. The normalized spacial score (nSPS) is 13.4. The van der Waals surface area contributed by atoms with Gasteiger partial charge in [-0.3, -0.25) is 4.79 Å². The Hall–Kier alpha value is -1.59. The van der Waals surface area contributed by atoms with Crippen molar-refractivity contribution in [3.63, 3.8) is 0 Å². The van der Waals surface area contributed by atoms with Crippen LogP contribution >= 0.6 is 0 Å². The van der Waals surface area contributed by atoms with Crippen LogP contribution in [0, 0.1) is 11.7 Å². The Kier molecular flexibility index (Phi) is 4.09. The van der Waals surface area contributed by atoms with Gasteiger partial charge in [-0.1, -0.05) is 12.1 Å². The number of halogens is 4. The van der Waals surface area contributed by atoms with Gasteiger partial charge in [0.2, 0.25) is 0 Å². The second-order valence-corrected chi connectivity index (χ2v) is 3.60. The van der Waals surface area contributed by atoms with Gasteiger partial charge in [-0.2, -0.15) is 13.2 Å². The Bertz CT molecular complexity index is 383. The first kappa shape index (κ1) is 13.5. The number of rotatable bonds is 4. The third-order valence-electron chi connectivity index (χ3n) is 2.33. The molecule has 0 fully saturated rings. The fourth-order valence-corrected chi connectivity index (χ4v) is 1.39. The minimum Gasteiger partial charge on any atom is -0.481 e. The molecule has 0 saturated heterocycles. The number of benzene rings is 1. The van der Waals surface area contributed by atoms with Crippen LogP contribution in [-0.2, 0) is 11.2 Å². The second kappa shape index (κ2) is 5.16. The van der Waals surface area contributed by atoms with Gasteiger partial charge in [0.25, 0.3) is 0 Å². The number of carbonyl (C=O) groups is 1. The lowest BCUT2D eigenvalue weighted by Crippen LogP contribution is -2.30. The highest BCUT2D eigenvalue weighted by Crippen LogP contribution is 2.30. The molecule has 2 nitrogen and oxygen atoms in total. The lowest BCUT2D eigenvalue weighted by molar-refractivity contribution is -0.194. The zero-order valence-electron chi connectivity index (χ0n) is 8.67. The van der Waals surface area contributed by atoms with E-state index in [2.05, 4.69) is 0 Å². The summed E-state index contributed by atoms with van der Waals surface area (Å²) in [6, 6.07) is 4.92. The van der Waals surface area contributed by atoms with Crippen LogP contribution in [0.1, 0.15) is 12.0 Å². The van der Waals surface area contributed by atoms with Crippen molar-refractivity contribution in [2.75, 3.05) is 0 Å². The predicted octanol–water partition coefficient (Wildman–Crippen LogP) is 3.02. The number of carboxylic acid groups (broad SMARTS) is 1. The molecule has 6 heteroatoms. The molecule has 0 radical (unpaired) electrons. The molecule has 1 rings (SSSR count). The van der Waals surface area contributed by atoms with E-state index in [1.165, 1.54) is 12.1 Å². The largest absolute Gasteiger partial charge is 0.481 e. The summed E-state index contributed by atoms with van der Waals surface area (Å²) in [5, 5.41) is 8.45. The molecule has 0 saturated carbocycles. The highest BCUT2D eigenvalue weighted by Gasteiger charge is 2.44. The zero-order chi connectivity index (χ0) is 13.1. The van der Waals surface area contributed by atoms with E-state index in [-0.39, 0.29) is 6.42 Å². The smallest absolute Gasteiger partial charge is 0.402 e. The molecule has 1 aromatic carbocycles. The molecule has 0 aliphatic heterocycles. The van der Waals surface area contributed by atoms with Crippen molar-refractivity contribution < 1.29 is 27.5 Å². The molecule has 17 heavy (non-hydrogen) atoms. The Morgan fingerprint density at radius 1 is 1.24 bits per heavy atom. The third-order valence-corrected chi connectivity index (χ3v) is 2.33. The highest BCUT2D eigenvalue weighted by atomic mass is 19.4. The third kappa shape index (κ3) is 4.05. The van der Waals surface area contributed by atoms with E-state index in [1.807, 2.05) is 0 Å². The fraction of sp³-hybridized carbons (Fsp3) is 0.364. The van der Waals surface area contributed by atoms with E-state index in [1.54, 1.807) is 0 Å². The summed E-state index contributed by atoms with van der Waals surface area (Å²) in [4.78, 5) is 10.4. The van der Waals surface area contributed by atoms with Gasteiger partial charge in [0, 0.05) is 0 Å². The Labute approximate surface area is 94.9 Å². The van der Waals surface area contributed by atoms with Gasteiger partial charge < -0.3 is 5.11 Å². The van der Waals surface area contributed by atoms with Gasteiger partial charge in [0.05, 0.1) is 0 Å². The van der Waals surface area contributed by atoms with Crippen molar-refractivity contribution in [1.82, 2.24) is 0 Å². The van der Waals surface area contributed by atoms with Crippen LogP contribution in [0.25, 0.3) is 0 Å². The van der Waals surface area contributed by atoms with E-state index < -0.39 is 30.3 Å². The van der Waals surface area contributed by atoms with Crippen molar-refractivity contribution in [1.29, 1.82) is 0 Å². The predicted molar refractivity (Wildman–Crippen MR) is 51.9 cm³/mol. The average molecular weight is 250 g/mol. The standard InChI is InChI=1S/C11H10F4O2/c12-8-4-1-7(2-5-8)3-6-9(10(16)17)11(13,14)15/h1-2,4-5,9H,3,6H2,(H,16,17)/t9-/m1/s1. The van der Waals surface area contributed by atoms with Gasteiger partial charge in [0.1, 0.15) is 5.82 Å². The van der Waals surface area contributed by atoms with Crippen molar-refractivity contribution in [3.05, 3.63) is 35.6 Å². The topological polar surface area (TPSA) is 37.3 Å². The summed E-state index contributed by atoms with van der Waals surface area (Å²) < 4.78 is 49.4. The van der Waals surface area contributed by atoms with Crippen molar-refractivity contribution in [2.24, 2.45) is 5.92 Å². The second-order valence-electron chi connectivity index (χ2n) is 3.60. The van der Waals surface area contributed by atoms with Crippen molar-refractivity contribution >= 4 is 5.97 Å². The number of hydrogen-bond acceptors (Lipinski definition) is 1. The van der Waals surface area contributed by atoms with Gasteiger partial charge in [-0.15, -0.1) is 0 Å². The summed E-state index contributed by atoms with van der Waals surface area (Å²) in [5.41, 5.74) is 0.474. The number of aryl methyl sites for hydroxylation is 1. The molecule has 0 aromatic heterocycles. The lowest BCUT2D eigenvalue weighted by Gasteiger charge is -2.15. The van der Waals surface area contributed by atoms with E-state index in [0.717, 1.165) is 12.1 Å². The highest BCUT2D eigenvalue weighted by molar-refractivity contribution is 5.70. The van der Waals surface area contributed by atoms with Crippen molar-refractivity contribution in [2.45, 2.75) is 19.0 Å². The maximum atomic E-state index is 12.5. The molecule has 1 N–H and O–H groups in total. The lowest BCUT2D eigenvalue weighted by atomic mass is 9.99. The molecule has 0 aliphatic carbocycles. The van der Waals surface area contributed by atoms with E-state index in [9.17, 15) is 22.4 Å².